The maximum Gasteiger partial charge on any atom is 0.317 e. The summed E-state index contributed by atoms with van der Waals surface area (Å²) in [5, 5.41) is 2.95. The Morgan fingerprint density at radius 2 is 1.68 bits per heavy atom. The number of aryl methyl sites for hydroxylation is 2. The Bertz CT molecular complexity index is 1020. The third-order valence-corrected chi connectivity index (χ3v) is 7.55. The first-order chi connectivity index (χ1) is 14.8. The van der Waals surface area contributed by atoms with Crippen molar-refractivity contribution in [3.63, 3.8) is 0 Å². The van der Waals surface area contributed by atoms with E-state index in [2.05, 4.69) is 5.32 Å². The van der Waals surface area contributed by atoms with Crippen LogP contribution in [0.4, 0.5) is 4.79 Å². The molecule has 2 aromatic carbocycles. The molecule has 3 rings (SSSR count). The summed E-state index contributed by atoms with van der Waals surface area (Å²) in [7, 11) is -3.56. The van der Waals surface area contributed by atoms with Crippen LogP contribution in [-0.2, 0) is 27.9 Å². The van der Waals surface area contributed by atoms with E-state index in [1.807, 2.05) is 51.1 Å². The van der Waals surface area contributed by atoms with E-state index in [0.29, 0.717) is 37.7 Å². The lowest BCUT2D eigenvalue weighted by atomic mass is 10.1. The van der Waals surface area contributed by atoms with Crippen molar-refractivity contribution in [1.29, 1.82) is 0 Å². The highest BCUT2D eigenvalue weighted by Crippen LogP contribution is 2.20. The molecule has 7 nitrogen and oxygen atoms in total. The fourth-order valence-corrected chi connectivity index (χ4v) is 5.03. The highest BCUT2D eigenvalue weighted by molar-refractivity contribution is 7.89. The van der Waals surface area contributed by atoms with Crippen LogP contribution in [0.5, 0.6) is 0 Å². The number of nitrogens with zero attached hydrogens (tertiary/aromatic N) is 2. The van der Waals surface area contributed by atoms with Gasteiger partial charge in [-0.15, -0.1) is 0 Å². The summed E-state index contributed by atoms with van der Waals surface area (Å²) in [6.45, 7) is 8.64. The molecule has 8 heteroatoms. The van der Waals surface area contributed by atoms with Crippen LogP contribution in [0.1, 0.15) is 29.2 Å². The molecule has 1 aliphatic heterocycles. The van der Waals surface area contributed by atoms with Gasteiger partial charge in [-0.1, -0.05) is 30.3 Å². The molecule has 0 aromatic heterocycles. The van der Waals surface area contributed by atoms with Gasteiger partial charge in [0.05, 0.1) is 11.5 Å². The van der Waals surface area contributed by atoms with Crippen LogP contribution in [-0.4, -0.2) is 56.4 Å². The van der Waals surface area contributed by atoms with Gasteiger partial charge in [0.2, 0.25) is 10.0 Å². The number of ether oxygens (including phenoxy) is 1. The standard InChI is InChI=1S/C23H31N3O4S/c1-4-30-17-21-8-6-5-7-20(21)16-24-23(27)25-11-13-26(14-12-25)31(28,29)22-10-9-18(2)19(3)15-22/h5-10,15H,4,11-14,16-17H2,1-3H3,(H,24,27). The van der Waals surface area contributed by atoms with Crippen molar-refractivity contribution in [2.75, 3.05) is 32.8 Å². The minimum atomic E-state index is -3.56. The van der Waals surface area contributed by atoms with E-state index < -0.39 is 10.0 Å². The van der Waals surface area contributed by atoms with Crippen LogP contribution in [0, 0.1) is 13.8 Å². The second-order valence-corrected chi connectivity index (χ2v) is 9.64. The predicted octanol–water partition coefficient (Wildman–Crippen LogP) is 3.06. The predicted molar refractivity (Wildman–Crippen MR) is 120 cm³/mol. The molecule has 0 atom stereocenters. The molecule has 1 N–H and O–H groups in total. The van der Waals surface area contributed by atoms with E-state index in [4.69, 9.17) is 4.74 Å². The molecule has 1 aliphatic rings. The molecule has 1 heterocycles. The first kappa shape index (κ1) is 23.2. The first-order valence-electron chi connectivity index (χ1n) is 10.6. The lowest BCUT2D eigenvalue weighted by molar-refractivity contribution is 0.133. The van der Waals surface area contributed by atoms with E-state index in [-0.39, 0.29) is 19.1 Å². The number of benzene rings is 2. The van der Waals surface area contributed by atoms with E-state index in [1.165, 1.54) is 4.31 Å². The molecule has 2 aromatic rings. The number of sulfonamides is 1. The first-order valence-corrected chi connectivity index (χ1v) is 12.0. The highest BCUT2D eigenvalue weighted by Gasteiger charge is 2.30. The number of carbonyl (C=O) groups excluding carboxylic acids is 1. The van der Waals surface area contributed by atoms with Gasteiger partial charge >= 0.3 is 6.03 Å². The van der Waals surface area contributed by atoms with Gasteiger partial charge in [0.15, 0.2) is 0 Å². The number of rotatable bonds is 7. The van der Waals surface area contributed by atoms with Crippen molar-refractivity contribution in [2.45, 2.75) is 38.8 Å². The topological polar surface area (TPSA) is 79.0 Å². The fourth-order valence-electron chi connectivity index (χ4n) is 3.52. The van der Waals surface area contributed by atoms with Crippen LogP contribution in [0.25, 0.3) is 0 Å². The summed E-state index contributed by atoms with van der Waals surface area (Å²) < 4.78 is 32.9. The van der Waals surface area contributed by atoms with Crippen molar-refractivity contribution in [2.24, 2.45) is 0 Å². The average Bonchev–Trinajstić information content (AvgIpc) is 2.78. The van der Waals surface area contributed by atoms with Gasteiger partial charge in [0, 0.05) is 39.3 Å². The summed E-state index contributed by atoms with van der Waals surface area (Å²) >= 11 is 0. The van der Waals surface area contributed by atoms with Crippen LogP contribution in [0.2, 0.25) is 0 Å². The second kappa shape index (κ2) is 10.3. The van der Waals surface area contributed by atoms with Crippen LogP contribution >= 0.6 is 0 Å². The van der Waals surface area contributed by atoms with Gasteiger partial charge in [0.1, 0.15) is 0 Å². The maximum absolute atomic E-state index is 13.0. The van der Waals surface area contributed by atoms with E-state index in [0.717, 1.165) is 22.3 Å². The van der Waals surface area contributed by atoms with Gasteiger partial charge in [-0.2, -0.15) is 4.31 Å². The van der Waals surface area contributed by atoms with Crippen LogP contribution in [0.15, 0.2) is 47.4 Å². The Morgan fingerprint density at radius 1 is 1.00 bits per heavy atom. The number of carbonyl (C=O) groups is 1. The Morgan fingerprint density at radius 3 is 2.32 bits per heavy atom. The smallest absolute Gasteiger partial charge is 0.317 e. The van der Waals surface area contributed by atoms with Crippen molar-refractivity contribution in [1.82, 2.24) is 14.5 Å². The minimum absolute atomic E-state index is 0.186. The molecule has 1 saturated heterocycles. The summed E-state index contributed by atoms with van der Waals surface area (Å²) in [6, 6.07) is 12.9. The normalized spacial score (nSPS) is 15.1. The third-order valence-electron chi connectivity index (χ3n) is 5.65. The molecule has 0 aliphatic carbocycles. The zero-order chi connectivity index (χ0) is 22.4. The van der Waals surface area contributed by atoms with Crippen LogP contribution < -0.4 is 5.32 Å². The Labute approximate surface area is 185 Å². The minimum Gasteiger partial charge on any atom is -0.377 e. The number of urea groups is 1. The molecule has 1 fully saturated rings. The molecule has 0 unspecified atom stereocenters. The molecule has 168 valence electrons. The van der Waals surface area contributed by atoms with E-state index in [1.54, 1.807) is 17.0 Å². The summed E-state index contributed by atoms with van der Waals surface area (Å²) in [5.41, 5.74) is 4.07. The number of hydrogen-bond acceptors (Lipinski definition) is 4. The maximum atomic E-state index is 13.0. The molecule has 2 amide bonds. The molecular formula is C23H31N3O4S. The Hall–Kier alpha value is -2.42. The van der Waals surface area contributed by atoms with Crippen molar-refractivity contribution in [3.05, 3.63) is 64.7 Å². The number of amides is 2. The Balaban J connectivity index is 1.56. The van der Waals surface area contributed by atoms with Crippen molar-refractivity contribution < 1.29 is 17.9 Å². The Kier molecular flexibility index (Phi) is 7.69. The van der Waals surface area contributed by atoms with E-state index in [9.17, 15) is 13.2 Å². The van der Waals surface area contributed by atoms with Crippen LogP contribution in [0.3, 0.4) is 0 Å². The average molecular weight is 446 g/mol. The molecule has 0 bridgehead atoms. The highest BCUT2D eigenvalue weighted by atomic mass is 32.2. The molecule has 0 saturated carbocycles. The fraction of sp³-hybridized carbons (Fsp3) is 0.435. The van der Waals surface area contributed by atoms with Gasteiger partial charge < -0.3 is 15.0 Å². The zero-order valence-corrected chi connectivity index (χ0v) is 19.2. The van der Waals surface area contributed by atoms with E-state index >= 15 is 0 Å². The lowest BCUT2D eigenvalue weighted by Crippen LogP contribution is -2.53. The molecule has 0 spiro atoms. The molecule has 0 radical (unpaired) electrons. The quantitative estimate of drug-likeness (QED) is 0.711. The second-order valence-electron chi connectivity index (χ2n) is 7.70. The zero-order valence-electron chi connectivity index (χ0n) is 18.4. The van der Waals surface area contributed by atoms with Gasteiger partial charge in [-0.25, -0.2) is 13.2 Å². The lowest BCUT2D eigenvalue weighted by Gasteiger charge is -2.34. The third kappa shape index (κ3) is 5.64. The number of hydrogen-bond donors (Lipinski definition) is 1. The summed E-state index contributed by atoms with van der Waals surface area (Å²) in [4.78, 5) is 14.6. The van der Waals surface area contributed by atoms with Gasteiger partial charge in [-0.05, 0) is 55.2 Å². The number of nitrogens with one attached hydrogen (secondary N) is 1. The van der Waals surface area contributed by atoms with Crippen molar-refractivity contribution in [3.8, 4) is 0 Å². The molecule has 31 heavy (non-hydrogen) atoms. The summed E-state index contributed by atoms with van der Waals surface area (Å²) in [5.74, 6) is 0. The monoisotopic (exact) mass is 445 g/mol. The van der Waals surface area contributed by atoms with Gasteiger partial charge in [-0.3, -0.25) is 0 Å². The SMILES string of the molecule is CCOCc1ccccc1CNC(=O)N1CCN(S(=O)(=O)c2ccc(C)c(C)c2)CC1. The van der Waals surface area contributed by atoms with Crippen molar-refractivity contribution >= 4 is 16.1 Å². The van der Waals surface area contributed by atoms with Gasteiger partial charge in [0.25, 0.3) is 0 Å². The largest absolute Gasteiger partial charge is 0.377 e. The molecular weight excluding hydrogens is 414 g/mol. The number of piperazine rings is 1. The summed E-state index contributed by atoms with van der Waals surface area (Å²) in [6.07, 6.45) is 0.